The summed E-state index contributed by atoms with van der Waals surface area (Å²) >= 11 is 1.30. The van der Waals surface area contributed by atoms with Crippen LogP contribution < -0.4 is 4.72 Å². The maximum absolute atomic E-state index is 12.0. The highest BCUT2D eigenvalue weighted by atomic mass is 127. The highest BCUT2D eigenvalue weighted by molar-refractivity contribution is 14.1. The molecule has 0 aliphatic rings. The standard InChI is InChI=1S/C13H20INOS/c1-9-6-7-11(8-12(9)14)10(2)15-17(16)13(3,4)5/h6-8,10,15H,1-5H3/t10-,17+/m1/s1. The van der Waals surface area contributed by atoms with Gasteiger partial charge in [0.1, 0.15) is 4.75 Å². The van der Waals surface area contributed by atoms with Crippen LogP contribution in [0.1, 0.15) is 44.9 Å². The van der Waals surface area contributed by atoms with E-state index in [1.54, 1.807) is 0 Å². The molecule has 0 aromatic heterocycles. The Kier molecular flexibility index (Phi) is 5.31. The van der Waals surface area contributed by atoms with Gasteiger partial charge in [-0.25, -0.2) is 0 Å². The Morgan fingerprint density at radius 2 is 1.94 bits per heavy atom. The molecule has 2 atom stereocenters. The Morgan fingerprint density at radius 1 is 1.35 bits per heavy atom. The van der Waals surface area contributed by atoms with Gasteiger partial charge in [0.15, 0.2) is 0 Å². The van der Waals surface area contributed by atoms with Gasteiger partial charge in [0.05, 0.1) is 6.04 Å². The van der Waals surface area contributed by atoms with Crippen molar-refractivity contribution in [1.82, 2.24) is 4.72 Å². The normalized spacial score (nSPS) is 15.7. The molecule has 1 N–H and O–H groups in total. The molecule has 0 bridgehead atoms. The molecule has 0 amide bonds. The largest absolute Gasteiger partial charge is 0.598 e. The monoisotopic (exact) mass is 365 g/mol. The van der Waals surface area contributed by atoms with Gasteiger partial charge in [-0.3, -0.25) is 0 Å². The van der Waals surface area contributed by atoms with Crippen LogP contribution in [0, 0.1) is 10.5 Å². The van der Waals surface area contributed by atoms with Gasteiger partial charge in [-0.2, -0.15) is 0 Å². The summed E-state index contributed by atoms with van der Waals surface area (Å²) in [6.45, 7) is 10.1. The summed E-state index contributed by atoms with van der Waals surface area (Å²) in [5, 5.41) is 0. The van der Waals surface area contributed by atoms with Crippen LogP contribution in [0.4, 0.5) is 0 Å². The SMILES string of the molecule is Cc1ccc([C@@H](C)N[S@@+]([O-])C(C)(C)C)cc1I. The molecule has 1 rings (SSSR count). The van der Waals surface area contributed by atoms with Gasteiger partial charge in [0, 0.05) is 14.9 Å². The van der Waals surface area contributed by atoms with E-state index in [9.17, 15) is 4.55 Å². The minimum atomic E-state index is -1.03. The van der Waals surface area contributed by atoms with Crippen LogP contribution in [0.15, 0.2) is 18.2 Å². The van der Waals surface area contributed by atoms with Crippen molar-refractivity contribution in [2.24, 2.45) is 0 Å². The zero-order chi connectivity index (χ0) is 13.2. The molecule has 96 valence electrons. The van der Waals surface area contributed by atoms with Crippen LogP contribution in [0.25, 0.3) is 0 Å². The van der Waals surface area contributed by atoms with Gasteiger partial charge < -0.3 is 4.55 Å². The van der Waals surface area contributed by atoms with Gasteiger partial charge in [-0.15, -0.1) is 4.72 Å². The van der Waals surface area contributed by atoms with Crippen molar-refractivity contribution in [3.05, 3.63) is 32.9 Å². The van der Waals surface area contributed by atoms with Gasteiger partial charge >= 0.3 is 0 Å². The Hall–Kier alpha value is 0.220. The molecule has 0 saturated carbocycles. The van der Waals surface area contributed by atoms with Crippen molar-refractivity contribution in [1.29, 1.82) is 0 Å². The molecule has 0 spiro atoms. The van der Waals surface area contributed by atoms with Crippen molar-refractivity contribution in [3.8, 4) is 0 Å². The second-order valence-corrected chi connectivity index (χ2v) is 8.39. The second-order valence-electron chi connectivity index (χ2n) is 5.23. The molecule has 0 fully saturated rings. The third-order valence-electron chi connectivity index (χ3n) is 2.54. The quantitative estimate of drug-likeness (QED) is 0.655. The number of aryl methyl sites for hydroxylation is 1. The lowest BCUT2D eigenvalue weighted by molar-refractivity contribution is 0.531. The van der Waals surface area contributed by atoms with Crippen LogP contribution in [0.5, 0.6) is 0 Å². The summed E-state index contributed by atoms with van der Waals surface area (Å²) < 4.78 is 16.2. The number of rotatable bonds is 3. The molecular weight excluding hydrogens is 345 g/mol. The number of halogens is 1. The van der Waals surface area contributed by atoms with Gasteiger partial charge in [-0.05, 0) is 74.4 Å². The van der Waals surface area contributed by atoms with Gasteiger partial charge in [0.25, 0.3) is 0 Å². The molecule has 0 radical (unpaired) electrons. The molecule has 4 heteroatoms. The molecule has 0 aliphatic carbocycles. The van der Waals surface area contributed by atoms with Crippen LogP contribution >= 0.6 is 22.6 Å². The lowest BCUT2D eigenvalue weighted by Gasteiger charge is -2.26. The first-order chi connectivity index (χ1) is 7.71. The molecule has 0 saturated heterocycles. The average molecular weight is 365 g/mol. The molecular formula is C13H20INOS. The van der Waals surface area contributed by atoms with Crippen molar-refractivity contribution >= 4 is 34.0 Å². The summed E-state index contributed by atoms with van der Waals surface area (Å²) in [6.07, 6.45) is 0. The van der Waals surface area contributed by atoms with Crippen molar-refractivity contribution in [2.75, 3.05) is 0 Å². The summed E-state index contributed by atoms with van der Waals surface area (Å²) in [5.74, 6) is 0. The molecule has 0 aliphatic heterocycles. The highest BCUT2D eigenvalue weighted by Gasteiger charge is 2.28. The Labute approximate surface area is 121 Å². The van der Waals surface area contributed by atoms with E-state index in [-0.39, 0.29) is 10.8 Å². The van der Waals surface area contributed by atoms with Crippen LogP contribution in [0.2, 0.25) is 0 Å². The Bertz CT molecular complexity index is 389. The fraction of sp³-hybridized carbons (Fsp3) is 0.538. The van der Waals surface area contributed by atoms with Crippen LogP contribution in [-0.2, 0) is 11.4 Å². The average Bonchev–Trinajstić information content (AvgIpc) is 2.20. The fourth-order valence-electron chi connectivity index (χ4n) is 1.28. The summed E-state index contributed by atoms with van der Waals surface area (Å²) in [7, 11) is 0. The molecule has 0 unspecified atom stereocenters. The molecule has 1 aromatic rings. The summed E-state index contributed by atoms with van der Waals surface area (Å²) in [4.78, 5) is 0. The Balaban J connectivity index is 2.76. The lowest BCUT2D eigenvalue weighted by Crippen LogP contribution is -2.40. The van der Waals surface area contributed by atoms with E-state index in [0.29, 0.717) is 0 Å². The van der Waals surface area contributed by atoms with Crippen LogP contribution in [-0.4, -0.2) is 9.30 Å². The van der Waals surface area contributed by atoms with Crippen LogP contribution in [0.3, 0.4) is 0 Å². The molecule has 1 aromatic carbocycles. The lowest BCUT2D eigenvalue weighted by atomic mass is 10.1. The number of hydrogen-bond donors (Lipinski definition) is 1. The van der Waals surface area contributed by atoms with E-state index < -0.39 is 11.4 Å². The first kappa shape index (κ1) is 15.3. The third-order valence-corrected chi connectivity index (χ3v) is 5.38. The van der Waals surface area contributed by atoms with Crippen molar-refractivity contribution in [3.63, 3.8) is 0 Å². The van der Waals surface area contributed by atoms with E-state index in [1.807, 2.05) is 27.7 Å². The summed E-state index contributed by atoms with van der Waals surface area (Å²) in [6, 6.07) is 6.45. The third kappa shape index (κ3) is 4.43. The maximum atomic E-state index is 12.0. The molecule has 17 heavy (non-hydrogen) atoms. The first-order valence-electron chi connectivity index (χ1n) is 5.66. The second kappa shape index (κ2) is 5.91. The molecule has 2 nitrogen and oxygen atoms in total. The fourth-order valence-corrected chi connectivity index (χ4v) is 2.63. The van der Waals surface area contributed by atoms with Crippen molar-refractivity contribution in [2.45, 2.75) is 45.4 Å². The van der Waals surface area contributed by atoms with E-state index in [4.69, 9.17) is 0 Å². The zero-order valence-electron chi connectivity index (χ0n) is 11.0. The van der Waals surface area contributed by atoms with Gasteiger partial charge in [0.2, 0.25) is 0 Å². The highest BCUT2D eigenvalue weighted by Crippen LogP contribution is 2.22. The number of nitrogens with one attached hydrogen (secondary N) is 1. The molecule has 0 heterocycles. The van der Waals surface area contributed by atoms with E-state index in [0.717, 1.165) is 0 Å². The predicted molar refractivity (Wildman–Crippen MR) is 83.3 cm³/mol. The maximum Gasteiger partial charge on any atom is 0.136 e. The summed E-state index contributed by atoms with van der Waals surface area (Å²) in [5.41, 5.74) is 2.45. The van der Waals surface area contributed by atoms with E-state index >= 15 is 0 Å². The topological polar surface area (TPSA) is 35.1 Å². The Morgan fingerprint density at radius 3 is 2.41 bits per heavy atom. The number of benzene rings is 1. The van der Waals surface area contributed by atoms with E-state index in [1.165, 1.54) is 14.7 Å². The smallest absolute Gasteiger partial charge is 0.136 e. The van der Waals surface area contributed by atoms with Gasteiger partial charge in [-0.1, -0.05) is 12.1 Å². The van der Waals surface area contributed by atoms with E-state index in [2.05, 4.69) is 52.4 Å². The zero-order valence-corrected chi connectivity index (χ0v) is 14.0. The minimum absolute atomic E-state index is 0.101. The predicted octanol–water partition coefficient (Wildman–Crippen LogP) is 3.71. The first-order valence-corrected chi connectivity index (χ1v) is 7.89. The minimum Gasteiger partial charge on any atom is -0.598 e. The number of hydrogen-bond acceptors (Lipinski definition) is 2. The van der Waals surface area contributed by atoms with Crippen molar-refractivity contribution < 1.29 is 4.55 Å².